The van der Waals surface area contributed by atoms with Crippen molar-refractivity contribution in [2.75, 3.05) is 40.0 Å². The Kier molecular flexibility index (Phi) is 7.04. The van der Waals surface area contributed by atoms with Crippen molar-refractivity contribution < 1.29 is 14.2 Å². The third-order valence-electron chi connectivity index (χ3n) is 3.29. The molecule has 102 valence electrons. The minimum atomic E-state index is -0.285. The van der Waals surface area contributed by atoms with Crippen LogP contribution in [0.4, 0.5) is 0 Å². The number of unbranched alkanes of at least 4 members (excludes halogenated alkanes) is 1. The van der Waals surface area contributed by atoms with E-state index in [1.165, 1.54) is 6.42 Å². The van der Waals surface area contributed by atoms with Crippen LogP contribution >= 0.6 is 0 Å². The number of hydrogen-bond donors (Lipinski definition) is 1. The van der Waals surface area contributed by atoms with Crippen LogP contribution in [0.5, 0.6) is 0 Å². The first kappa shape index (κ1) is 14.9. The maximum atomic E-state index is 6.02. The third kappa shape index (κ3) is 4.21. The van der Waals surface area contributed by atoms with E-state index in [2.05, 4.69) is 12.2 Å². The Morgan fingerprint density at radius 1 is 1.41 bits per heavy atom. The van der Waals surface area contributed by atoms with Gasteiger partial charge in [0.1, 0.15) is 11.7 Å². The van der Waals surface area contributed by atoms with Gasteiger partial charge in [-0.05, 0) is 13.3 Å². The smallest absolute Gasteiger partial charge is 0.119 e. The molecule has 17 heavy (non-hydrogen) atoms. The van der Waals surface area contributed by atoms with Gasteiger partial charge in [0.25, 0.3) is 0 Å². The largest absolute Gasteiger partial charge is 0.382 e. The second kappa shape index (κ2) is 8.03. The van der Waals surface area contributed by atoms with E-state index < -0.39 is 0 Å². The monoisotopic (exact) mass is 245 g/mol. The number of nitrogens with one attached hydrogen (secondary N) is 1. The van der Waals surface area contributed by atoms with Crippen molar-refractivity contribution in [2.45, 2.75) is 44.8 Å². The molecule has 2 unspecified atom stereocenters. The molecule has 1 fully saturated rings. The number of ether oxygens (including phenoxy) is 3. The summed E-state index contributed by atoms with van der Waals surface area (Å²) in [7, 11) is 1.73. The van der Waals surface area contributed by atoms with E-state index in [0.29, 0.717) is 13.2 Å². The van der Waals surface area contributed by atoms with Crippen LogP contribution in [0.15, 0.2) is 0 Å². The van der Waals surface area contributed by atoms with Gasteiger partial charge in [-0.2, -0.15) is 0 Å². The summed E-state index contributed by atoms with van der Waals surface area (Å²) in [6.07, 6.45) is 3.40. The molecule has 1 saturated heterocycles. The lowest BCUT2D eigenvalue weighted by Gasteiger charge is -2.41. The fourth-order valence-corrected chi connectivity index (χ4v) is 2.44. The standard InChI is InChI=1S/C13H27NO3/c1-4-6-7-13(11-15-3,17-5-2)12-10-14-8-9-16-12/h12,14H,4-11H2,1-3H3. The van der Waals surface area contributed by atoms with Crippen molar-refractivity contribution >= 4 is 0 Å². The van der Waals surface area contributed by atoms with Gasteiger partial charge in [-0.15, -0.1) is 0 Å². The van der Waals surface area contributed by atoms with Crippen molar-refractivity contribution in [3.05, 3.63) is 0 Å². The molecule has 4 nitrogen and oxygen atoms in total. The average Bonchev–Trinajstić information content (AvgIpc) is 2.37. The Balaban J connectivity index is 2.70. The molecule has 1 aliphatic heterocycles. The number of morpholine rings is 1. The van der Waals surface area contributed by atoms with Crippen molar-refractivity contribution in [3.8, 4) is 0 Å². The Morgan fingerprint density at radius 3 is 2.76 bits per heavy atom. The van der Waals surface area contributed by atoms with E-state index >= 15 is 0 Å². The predicted octanol–water partition coefficient (Wildman–Crippen LogP) is 1.59. The van der Waals surface area contributed by atoms with Gasteiger partial charge in [-0.1, -0.05) is 19.8 Å². The van der Waals surface area contributed by atoms with Crippen molar-refractivity contribution in [3.63, 3.8) is 0 Å². The van der Waals surface area contributed by atoms with Crippen LogP contribution in [0, 0.1) is 0 Å². The zero-order chi connectivity index (χ0) is 12.6. The highest BCUT2D eigenvalue weighted by atomic mass is 16.6. The minimum absolute atomic E-state index is 0.0997. The van der Waals surface area contributed by atoms with Gasteiger partial charge in [-0.3, -0.25) is 0 Å². The Labute approximate surface area is 105 Å². The summed E-state index contributed by atoms with van der Waals surface area (Å²) >= 11 is 0. The normalized spacial score (nSPS) is 24.5. The van der Waals surface area contributed by atoms with Crippen molar-refractivity contribution in [1.29, 1.82) is 0 Å². The molecule has 1 rings (SSSR count). The van der Waals surface area contributed by atoms with Crippen LogP contribution < -0.4 is 5.32 Å². The highest BCUT2D eigenvalue weighted by Gasteiger charge is 2.41. The van der Waals surface area contributed by atoms with Crippen LogP contribution in [-0.4, -0.2) is 51.7 Å². The highest BCUT2D eigenvalue weighted by Crippen LogP contribution is 2.27. The first-order valence-corrected chi connectivity index (χ1v) is 6.74. The highest BCUT2D eigenvalue weighted by molar-refractivity contribution is 4.92. The van der Waals surface area contributed by atoms with Crippen LogP contribution in [0.25, 0.3) is 0 Å². The van der Waals surface area contributed by atoms with E-state index in [0.717, 1.165) is 32.5 Å². The number of rotatable bonds is 8. The minimum Gasteiger partial charge on any atom is -0.382 e. The maximum Gasteiger partial charge on any atom is 0.119 e. The summed E-state index contributed by atoms with van der Waals surface area (Å²) in [6, 6.07) is 0. The molecule has 4 heteroatoms. The van der Waals surface area contributed by atoms with E-state index in [-0.39, 0.29) is 11.7 Å². The van der Waals surface area contributed by atoms with Gasteiger partial charge >= 0.3 is 0 Å². The molecule has 0 amide bonds. The van der Waals surface area contributed by atoms with Gasteiger partial charge < -0.3 is 19.5 Å². The van der Waals surface area contributed by atoms with Gasteiger partial charge in [-0.25, -0.2) is 0 Å². The lowest BCUT2D eigenvalue weighted by atomic mass is 9.90. The molecule has 0 aliphatic carbocycles. The van der Waals surface area contributed by atoms with Gasteiger partial charge in [0.2, 0.25) is 0 Å². The van der Waals surface area contributed by atoms with Gasteiger partial charge in [0.05, 0.1) is 13.2 Å². The van der Waals surface area contributed by atoms with E-state index in [4.69, 9.17) is 14.2 Å². The molecular formula is C13H27NO3. The zero-order valence-corrected chi connectivity index (χ0v) is 11.5. The first-order chi connectivity index (χ1) is 8.29. The van der Waals surface area contributed by atoms with E-state index in [1.54, 1.807) is 7.11 Å². The molecule has 0 aromatic carbocycles. The van der Waals surface area contributed by atoms with Gasteiger partial charge in [0.15, 0.2) is 0 Å². The predicted molar refractivity (Wildman–Crippen MR) is 68.4 cm³/mol. The van der Waals surface area contributed by atoms with E-state index in [1.807, 2.05) is 6.92 Å². The van der Waals surface area contributed by atoms with Gasteiger partial charge in [0, 0.05) is 26.8 Å². The lowest BCUT2D eigenvalue weighted by Crippen LogP contribution is -2.57. The van der Waals surface area contributed by atoms with Crippen LogP contribution in [-0.2, 0) is 14.2 Å². The van der Waals surface area contributed by atoms with Crippen molar-refractivity contribution in [2.24, 2.45) is 0 Å². The molecule has 2 atom stereocenters. The van der Waals surface area contributed by atoms with Crippen LogP contribution in [0.1, 0.15) is 33.1 Å². The Morgan fingerprint density at radius 2 is 2.24 bits per heavy atom. The fourth-order valence-electron chi connectivity index (χ4n) is 2.44. The Bertz CT molecular complexity index is 187. The number of hydrogen-bond acceptors (Lipinski definition) is 4. The van der Waals surface area contributed by atoms with Crippen molar-refractivity contribution in [1.82, 2.24) is 5.32 Å². The molecule has 0 radical (unpaired) electrons. The molecular weight excluding hydrogens is 218 g/mol. The SMILES string of the molecule is CCCCC(COC)(OCC)C1CNCCO1. The summed E-state index contributed by atoms with van der Waals surface area (Å²) in [6.45, 7) is 8.08. The molecule has 1 N–H and O–H groups in total. The molecule has 0 aromatic rings. The maximum absolute atomic E-state index is 6.02. The summed E-state index contributed by atoms with van der Waals surface area (Å²) in [5.41, 5.74) is -0.285. The number of methoxy groups -OCH3 is 1. The average molecular weight is 245 g/mol. The topological polar surface area (TPSA) is 39.7 Å². The van der Waals surface area contributed by atoms with Crippen LogP contribution in [0.2, 0.25) is 0 Å². The quantitative estimate of drug-likeness (QED) is 0.705. The zero-order valence-electron chi connectivity index (χ0n) is 11.5. The first-order valence-electron chi connectivity index (χ1n) is 6.74. The van der Waals surface area contributed by atoms with E-state index in [9.17, 15) is 0 Å². The molecule has 1 aliphatic rings. The molecule has 0 aromatic heterocycles. The second-order valence-corrected chi connectivity index (χ2v) is 4.60. The summed E-state index contributed by atoms with van der Waals surface area (Å²) < 4.78 is 17.3. The lowest BCUT2D eigenvalue weighted by molar-refractivity contribution is -0.179. The molecule has 0 spiro atoms. The summed E-state index contributed by atoms with van der Waals surface area (Å²) in [5.74, 6) is 0. The fraction of sp³-hybridized carbons (Fsp3) is 1.00. The summed E-state index contributed by atoms with van der Waals surface area (Å²) in [5, 5.41) is 3.37. The third-order valence-corrected chi connectivity index (χ3v) is 3.29. The summed E-state index contributed by atoms with van der Waals surface area (Å²) in [4.78, 5) is 0. The Hall–Kier alpha value is -0.160. The molecule has 0 bridgehead atoms. The molecule has 1 heterocycles. The molecule has 0 saturated carbocycles. The second-order valence-electron chi connectivity index (χ2n) is 4.60. The van der Waals surface area contributed by atoms with Crippen LogP contribution in [0.3, 0.4) is 0 Å².